The minimum Gasteiger partial charge on any atom is -0.288 e. The van der Waals surface area contributed by atoms with E-state index >= 15 is 0 Å². The average molecular weight is 245 g/mol. The van der Waals surface area contributed by atoms with Crippen LogP contribution in [-0.2, 0) is 19.4 Å². The van der Waals surface area contributed by atoms with E-state index in [2.05, 4.69) is 15.6 Å². The lowest BCUT2D eigenvalue weighted by molar-refractivity contribution is -0.135. The van der Waals surface area contributed by atoms with E-state index in [0.29, 0.717) is 13.0 Å². The minimum atomic E-state index is -2.91. The number of carbonyl (C=O) groups excluding carboxylic acids is 2. The summed E-state index contributed by atoms with van der Waals surface area (Å²) in [6, 6.07) is 0. The Hall–Kier alpha value is -1.44. The maximum absolute atomic E-state index is 11.2. The van der Waals surface area contributed by atoms with Crippen molar-refractivity contribution in [3.63, 3.8) is 0 Å². The van der Waals surface area contributed by atoms with Gasteiger partial charge in [0, 0.05) is 6.54 Å². The monoisotopic (exact) mass is 245 g/mol. The highest BCUT2D eigenvalue weighted by Crippen LogP contribution is 2.18. The van der Waals surface area contributed by atoms with Crippen LogP contribution in [0.3, 0.4) is 0 Å². The lowest BCUT2D eigenvalue weighted by atomic mass is 10.1. The molecule has 0 aromatic carbocycles. The van der Waals surface area contributed by atoms with Crippen LogP contribution < -0.4 is 10.6 Å². The van der Waals surface area contributed by atoms with Crippen LogP contribution in [0.5, 0.6) is 0 Å². The summed E-state index contributed by atoms with van der Waals surface area (Å²) in [6.45, 7) is 0.301. The Kier molecular flexibility index (Phi) is 2.66. The van der Waals surface area contributed by atoms with Crippen LogP contribution in [-0.4, -0.2) is 44.2 Å². The molecule has 0 bridgehead atoms. The van der Waals surface area contributed by atoms with E-state index in [1.54, 1.807) is 0 Å². The molecule has 0 aliphatic carbocycles. The normalized spacial score (nSPS) is 27.8. The molecule has 1 unspecified atom stereocenters. The molecule has 8 heteroatoms. The van der Waals surface area contributed by atoms with E-state index in [1.807, 2.05) is 0 Å². The van der Waals surface area contributed by atoms with Crippen LogP contribution >= 0.6 is 0 Å². The Morgan fingerprint density at radius 3 is 2.38 bits per heavy atom. The van der Waals surface area contributed by atoms with E-state index in [1.165, 1.54) is 0 Å². The lowest BCUT2D eigenvalue weighted by Gasteiger charge is -2.03. The van der Waals surface area contributed by atoms with Gasteiger partial charge in [-0.25, -0.2) is 8.42 Å². The van der Waals surface area contributed by atoms with Gasteiger partial charge in [-0.1, -0.05) is 0 Å². The van der Waals surface area contributed by atoms with Crippen molar-refractivity contribution in [2.24, 2.45) is 10.9 Å². The predicted molar refractivity (Wildman–Crippen MR) is 55.3 cm³/mol. The molecular weight excluding hydrogens is 234 g/mol. The Bertz CT molecular complexity index is 450. The van der Waals surface area contributed by atoms with E-state index in [-0.39, 0.29) is 23.4 Å². The first-order valence-corrected chi connectivity index (χ1v) is 6.65. The van der Waals surface area contributed by atoms with Gasteiger partial charge >= 0.3 is 11.8 Å². The zero-order valence-electron chi connectivity index (χ0n) is 8.39. The average Bonchev–Trinajstić information content (AvgIpc) is 2.68. The molecule has 7 nitrogen and oxygen atoms in total. The minimum absolute atomic E-state index is 0.0214. The number of aliphatic imine (C=N–C) groups is 1. The van der Waals surface area contributed by atoms with Crippen LogP contribution in [0.4, 0.5) is 0 Å². The van der Waals surface area contributed by atoms with Crippen LogP contribution in [0.1, 0.15) is 6.42 Å². The molecule has 2 saturated heterocycles. The standard InChI is InChI=1S/C8H11N3O4S/c12-6-7(13)11-8(10-6)9-3-5-1-2-16(14,15)4-5/h5H,1-4H2,(H2,9,10,11,12,13). The van der Waals surface area contributed by atoms with Gasteiger partial charge in [0.25, 0.3) is 0 Å². The van der Waals surface area contributed by atoms with Gasteiger partial charge in [0.05, 0.1) is 11.5 Å². The number of rotatable bonds is 2. The quantitative estimate of drug-likeness (QED) is 0.550. The third-order valence-corrected chi connectivity index (χ3v) is 4.34. The summed E-state index contributed by atoms with van der Waals surface area (Å²) < 4.78 is 22.3. The number of amides is 2. The van der Waals surface area contributed by atoms with E-state index < -0.39 is 21.7 Å². The molecule has 2 amide bonds. The number of carbonyl (C=O) groups is 2. The Balaban J connectivity index is 1.91. The number of hydrogen-bond acceptors (Lipinski definition) is 5. The van der Waals surface area contributed by atoms with E-state index in [4.69, 9.17) is 0 Å². The largest absolute Gasteiger partial charge is 0.316 e. The van der Waals surface area contributed by atoms with Gasteiger partial charge in [-0.3, -0.25) is 25.2 Å². The van der Waals surface area contributed by atoms with Crippen molar-refractivity contribution in [2.45, 2.75) is 6.42 Å². The first-order valence-electron chi connectivity index (χ1n) is 4.83. The van der Waals surface area contributed by atoms with Gasteiger partial charge in [-0.2, -0.15) is 0 Å². The third-order valence-electron chi connectivity index (χ3n) is 2.50. The topological polar surface area (TPSA) is 105 Å². The molecule has 1 atom stereocenters. The molecule has 0 aromatic rings. The molecule has 88 valence electrons. The number of sulfone groups is 1. The van der Waals surface area contributed by atoms with Crippen LogP contribution in [0.15, 0.2) is 4.99 Å². The van der Waals surface area contributed by atoms with Crippen molar-refractivity contribution in [3.8, 4) is 0 Å². The van der Waals surface area contributed by atoms with Crippen LogP contribution in [0, 0.1) is 5.92 Å². The third kappa shape index (κ3) is 2.38. The molecule has 0 radical (unpaired) electrons. The summed E-state index contributed by atoms with van der Waals surface area (Å²) in [5.41, 5.74) is 0. The second-order valence-corrected chi connectivity index (χ2v) is 6.10. The Morgan fingerprint density at radius 2 is 1.88 bits per heavy atom. The summed E-state index contributed by atoms with van der Waals surface area (Å²) >= 11 is 0. The van der Waals surface area contributed by atoms with E-state index in [0.717, 1.165) is 0 Å². The molecule has 2 heterocycles. The van der Waals surface area contributed by atoms with Crippen molar-refractivity contribution in [1.29, 1.82) is 0 Å². The van der Waals surface area contributed by atoms with Gasteiger partial charge < -0.3 is 0 Å². The SMILES string of the molecule is O=C1NC(=NCC2CCS(=O)(=O)C2)NC1=O. The summed E-state index contributed by atoms with van der Waals surface area (Å²) in [6.07, 6.45) is 0.584. The summed E-state index contributed by atoms with van der Waals surface area (Å²) in [4.78, 5) is 25.5. The maximum atomic E-state index is 11.2. The first-order chi connectivity index (χ1) is 7.46. The number of nitrogens with one attached hydrogen (secondary N) is 2. The fourth-order valence-electron chi connectivity index (χ4n) is 1.68. The molecule has 2 N–H and O–H groups in total. The van der Waals surface area contributed by atoms with Gasteiger partial charge in [0.1, 0.15) is 0 Å². The molecule has 2 rings (SSSR count). The molecule has 2 fully saturated rings. The second-order valence-electron chi connectivity index (χ2n) is 3.87. The van der Waals surface area contributed by atoms with Gasteiger partial charge in [0.2, 0.25) is 5.96 Å². The lowest BCUT2D eigenvalue weighted by Crippen LogP contribution is -2.26. The highest BCUT2D eigenvalue weighted by Gasteiger charge is 2.29. The number of hydrogen-bond donors (Lipinski definition) is 2. The van der Waals surface area contributed by atoms with E-state index in [9.17, 15) is 18.0 Å². The molecule has 16 heavy (non-hydrogen) atoms. The number of nitrogens with zero attached hydrogens (tertiary/aromatic N) is 1. The second kappa shape index (κ2) is 3.85. The van der Waals surface area contributed by atoms with Gasteiger partial charge in [-0.05, 0) is 12.3 Å². The van der Waals surface area contributed by atoms with Crippen molar-refractivity contribution in [1.82, 2.24) is 10.6 Å². The maximum Gasteiger partial charge on any atom is 0.316 e. The van der Waals surface area contributed by atoms with Crippen LogP contribution in [0.25, 0.3) is 0 Å². The summed E-state index contributed by atoms with van der Waals surface area (Å²) in [7, 11) is -2.91. The summed E-state index contributed by atoms with van der Waals surface area (Å²) in [5, 5.41) is 4.50. The molecule has 2 aliphatic rings. The fraction of sp³-hybridized carbons (Fsp3) is 0.625. The molecule has 0 spiro atoms. The first kappa shape index (κ1) is 11.1. The zero-order valence-corrected chi connectivity index (χ0v) is 9.21. The van der Waals surface area contributed by atoms with Crippen molar-refractivity contribution >= 4 is 27.6 Å². The number of guanidine groups is 1. The van der Waals surface area contributed by atoms with Crippen molar-refractivity contribution < 1.29 is 18.0 Å². The fourth-order valence-corrected chi connectivity index (χ4v) is 3.52. The van der Waals surface area contributed by atoms with Crippen molar-refractivity contribution in [2.75, 3.05) is 18.1 Å². The highest BCUT2D eigenvalue weighted by atomic mass is 32.2. The van der Waals surface area contributed by atoms with Crippen molar-refractivity contribution in [3.05, 3.63) is 0 Å². The summed E-state index contributed by atoms with van der Waals surface area (Å²) in [5.74, 6) is -1.06. The van der Waals surface area contributed by atoms with Crippen LogP contribution in [0.2, 0.25) is 0 Å². The Labute approximate surface area is 92.2 Å². The molecular formula is C8H11N3O4S. The van der Waals surface area contributed by atoms with Gasteiger partial charge in [0.15, 0.2) is 9.84 Å². The highest BCUT2D eigenvalue weighted by molar-refractivity contribution is 7.91. The predicted octanol–water partition coefficient (Wildman–Crippen LogP) is -1.98. The molecule has 0 saturated carbocycles. The molecule has 2 aliphatic heterocycles. The smallest absolute Gasteiger partial charge is 0.288 e. The zero-order chi connectivity index (χ0) is 11.8. The Morgan fingerprint density at radius 1 is 1.25 bits per heavy atom. The van der Waals surface area contributed by atoms with Gasteiger partial charge in [-0.15, -0.1) is 0 Å². The molecule has 0 aromatic heterocycles.